The number of hydrogen-bond donors (Lipinski definition) is 2. The zero-order valence-electron chi connectivity index (χ0n) is 17.0. The Morgan fingerprint density at radius 3 is 2.31 bits per heavy atom. The van der Waals surface area contributed by atoms with Crippen molar-refractivity contribution in [1.82, 2.24) is 20.4 Å². The average Bonchev–Trinajstić information content (AvgIpc) is 2.66. The second kappa shape index (κ2) is 10.8. The van der Waals surface area contributed by atoms with Crippen LogP contribution in [0.4, 0.5) is 0 Å². The molecule has 2 N–H and O–H groups in total. The third kappa shape index (κ3) is 6.87. The molecule has 1 aliphatic heterocycles. The van der Waals surface area contributed by atoms with Gasteiger partial charge in [0.1, 0.15) is 6.04 Å². The smallest absolute Gasteiger partial charge is 0.253 e. The highest BCUT2D eigenvalue weighted by atomic mass is 35.5. The number of carbonyl (C=O) groups excluding carboxylic acids is 3. The molecule has 0 saturated carbocycles. The number of carbonyl (C=O) groups is 3. The molecule has 0 aromatic heterocycles. The molecule has 0 spiro atoms. The Balaban J connectivity index is 2.03. The number of likely N-dealkylation sites (N-methyl/N-ethyl adjacent to an activating group) is 1. The molecular formula is C20H28Cl2N4O3. The van der Waals surface area contributed by atoms with Gasteiger partial charge in [-0.15, -0.1) is 0 Å². The number of benzene rings is 1. The largest absolute Gasteiger partial charge is 0.358 e. The van der Waals surface area contributed by atoms with Crippen molar-refractivity contribution in [2.24, 2.45) is 5.92 Å². The van der Waals surface area contributed by atoms with Crippen molar-refractivity contribution in [1.29, 1.82) is 0 Å². The number of rotatable bonds is 7. The average molecular weight is 443 g/mol. The summed E-state index contributed by atoms with van der Waals surface area (Å²) in [5.41, 5.74) is 0.285. The van der Waals surface area contributed by atoms with Crippen LogP contribution in [0.3, 0.4) is 0 Å². The molecule has 1 fully saturated rings. The Kier molecular flexibility index (Phi) is 8.74. The lowest BCUT2D eigenvalue weighted by atomic mass is 10.0. The van der Waals surface area contributed by atoms with E-state index in [2.05, 4.69) is 10.6 Å². The topological polar surface area (TPSA) is 81.8 Å². The fraction of sp³-hybridized carbons (Fsp3) is 0.550. The van der Waals surface area contributed by atoms with Crippen LogP contribution in [0, 0.1) is 5.92 Å². The van der Waals surface area contributed by atoms with E-state index in [9.17, 15) is 14.4 Å². The lowest BCUT2D eigenvalue weighted by molar-refractivity contribution is -0.135. The number of halogens is 2. The molecule has 3 amide bonds. The van der Waals surface area contributed by atoms with Gasteiger partial charge < -0.3 is 15.5 Å². The summed E-state index contributed by atoms with van der Waals surface area (Å²) in [4.78, 5) is 41.1. The van der Waals surface area contributed by atoms with Crippen molar-refractivity contribution < 1.29 is 14.4 Å². The van der Waals surface area contributed by atoms with Crippen LogP contribution in [0.5, 0.6) is 0 Å². The van der Waals surface area contributed by atoms with Gasteiger partial charge in [0.25, 0.3) is 5.91 Å². The van der Waals surface area contributed by atoms with E-state index in [4.69, 9.17) is 23.2 Å². The van der Waals surface area contributed by atoms with Crippen molar-refractivity contribution in [2.45, 2.75) is 26.3 Å². The van der Waals surface area contributed by atoms with E-state index >= 15 is 0 Å². The molecular weight excluding hydrogens is 415 g/mol. The van der Waals surface area contributed by atoms with Gasteiger partial charge in [0.15, 0.2) is 0 Å². The molecule has 29 heavy (non-hydrogen) atoms. The van der Waals surface area contributed by atoms with Gasteiger partial charge in [-0.05, 0) is 30.5 Å². The molecule has 1 atom stereocenters. The highest BCUT2D eigenvalue weighted by Gasteiger charge is 2.30. The van der Waals surface area contributed by atoms with Gasteiger partial charge in [0, 0.05) is 38.2 Å². The second-order valence-corrected chi connectivity index (χ2v) is 8.40. The fourth-order valence-corrected chi connectivity index (χ4v) is 3.73. The summed E-state index contributed by atoms with van der Waals surface area (Å²) < 4.78 is 0. The molecule has 1 saturated heterocycles. The van der Waals surface area contributed by atoms with Crippen molar-refractivity contribution in [3.63, 3.8) is 0 Å². The number of amides is 3. The quantitative estimate of drug-likeness (QED) is 0.676. The van der Waals surface area contributed by atoms with E-state index in [1.807, 2.05) is 18.7 Å². The van der Waals surface area contributed by atoms with Crippen LogP contribution in [0.25, 0.3) is 0 Å². The van der Waals surface area contributed by atoms with E-state index in [-0.39, 0.29) is 28.3 Å². The molecule has 7 nitrogen and oxygen atoms in total. The maximum atomic E-state index is 13.1. The van der Waals surface area contributed by atoms with E-state index in [1.54, 1.807) is 24.1 Å². The normalized spacial score (nSPS) is 15.9. The third-order valence-corrected chi connectivity index (χ3v) is 5.36. The molecule has 0 radical (unpaired) electrons. The minimum atomic E-state index is -0.639. The maximum Gasteiger partial charge on any atom is 0.253 e. The van der Waals surface area contributed by atoms with E-state index in [0.717, 1.165) is 0 Å². The van der Waals surface area contributed by atoms with Crippen LogP contribution in [0.15, 0.2) is 18.2 Å². The van der Waals surface area contributed by atoms with Gasteiger partial charge in [-0.3, -0.25) is 19.3 Å². The van der Waals surface area contributed by atoms with Gasteiger partial charge in [0.2, 0.25) is 11.8 Å². The Bertz CT molecular complexity index is 749. The summed E-state index contributed by atoms with van der Waals surface area (Å²) in [6.07, 6.45) is 0.522. The Labute approximate surface area is 181 Å². The number of piperazine rings is 1. The molecule has 0 bridgehead atoms. The SMILES string of the molecule is CNC(=O)CN1CCN(C(=O)C(CC(C)C)NC(=O)c2ccc(Cl)cc2Cl)CC1. The van der Waals surface area contributed by atoms with Gasteiger partial charge in [-0.25, -0.2) is 0 Å². The molecule has 1 heterocycles. The zero-order valence-corrected chi connectivity index (χ0v) is 18.5. The zero-order chi connectivity index (χ0) is 21.6. The summed E-state index contributed by atoms with van der Waals surface area (Å²) >= 11 is 12.0. The van der Waals surface area contributed by atoms with Gasteiger partial charge in [0.05, 0.1) is 17.1 Å². The van der Waals surface area contributed by atoms with Gasteiger partial charge in [-0.1, -0.05) is 37.0 Å². The second-order valence-electron chi connectivity index (χ2n) is 7.55. The molecule has 1 aliphatic rings. The summed E-state index contributed by atoms with van der Waals surface area (Å²) in [6, 6.07) is 4.00. The number of nitrogens with zero attached hydrogens (tertiary/aromatic N) is 2. The Morgan fingerprint density at radius 2 is 1.76 bits per heavy atom. The minimum absolute atomic E-state index is 0.0467. The molecule has 2 rings (SSSR count). The summed E-state index contributed by atoms with van der Waals surface area (Å²) in [6.45, 7) is 6.59. The molecule has 9 heteroatoms. The lowest BCUT2D eigenvalue weighted by Crippen LogP contribution is -2.56. The van der Waals surface area contributed by atoms with Crippen molar-refractivity contribution in [2.75, 3.05) is 39.8 Å². The standard InChI is InChI=1S/C20H28Cl2N4O3/c1-13(2)10-17(24-19(28)15-5-4-14(21)11-16(15)22)20(29)26-8-6-25(7-9-26)12-18(27)23-3/h4-5,11,13,17H,6-10,12H2,1-3H3,(H,23,27)(H,24,28). The summed E-state index contributed by atoms with van der Waals surface area (Å²) in [5.74, 6) is -0.338. The molecule has 0 aliphatic carbocycles. The first kappa shape index (κ1) is 23.4. The van der Waals surface area contributed by atoms with Crippen LogP contribution in [0.2, 0.25) is 10.0 Å². The van der Waals surface area contributed by atoms with Crippen LogP contribution in [0.1, 0.15) is 30.6 Å². The maximum absolute atomic E-state index is 13.1. The Morgan fingerprint density at radius 1 is 1.10 bits per heavy atom. The molecule has 1 aromatic carbocycles. The van der Waals surface area contributed by atoms with Gasteiger partial charge >= 0.3 is 0 Å². The predicted molar refractivity (Wildman–Crippen MR) is 114 cm³/mol. The van der Waals surface area contributed by atoms with Crippen LogP contribution in [-0.2, 0) is 9.59 Å². The van der Waals surface area contributed by atoms with Crippen molar-refractivity contribution >= 4 is 40.9 Å². The monoisotopic (exact) mass is 442 g/mol. The number of nitrogens with one attached hydrogen (secondary N) is 2. The van der Waals surface area contributed by atoms with Crippen LogP contribution < -0.4 is 10.6 Å². The summed E-state index contributed by atoms with van der Waals surface area (Å²) in [5, 5.41) is 6.13. The van der Waals surface area contributed by atoms with Crippen molar-refractivity contribution in [3.05, 3.63) is 33.8 Å². The van der Waals surface area contributed by atoms with E-state index in [0.29, 0.717) is 44.2 Å². The highest BCUT2D eigenvalue weighted by Crippen LogP contribution is 2.21. The first-order valence-corrected chi connectivity index (χ1v) is 10.4. The number of hydrogen-bond acceptors (Lipinski definition) is 4. The van der Waals surface area contributed by atoms with Crippen molar-refractivity contribution in [3.8, 4) is 0 Å². The first-order chi connectivity index (χ1) is 13.7. The summed E-state index contributed by atoms with van der Waals surface area (Å²) in [7, 11) is 1.61. The fourth-order valence-electron chi connectivity index (χ4n) is 3.23. The third-order valence-electron chi connectivity index (χ3n) is 4.82. The van der Waals surface area contributed by atoms with Crippen LogP contribution in [-0.4, -0.2) is 73.3 Å². The Hall–Kier alpha value is -1.83. The van der Waals surface area contributed by atoms with Gasteiger partial charge in [-0.2, -0.15) is 0 Å². The molecule has 160 valence electrons. The molecule has 1 aromatic rings. The lowest BCUT2D eigenvalue weighted by Gasteiger charge is -2.36. The molecule has 1 unspecified atom stereocenters. The minimum Gasteiger partial charge on any atom is -0.358 e. The van der Waals surface area contributed by atoms with E-state index in [1.165, 1.54) is 6.07 Å². The van der Waals surface area contributed by atoms with Crippen LogP contribution >= 0.6 is 23.2 Å². The van der Waals surface area contributed by atoms with E-state index < -0.39 is 11.9 Å². The highest BCUT2D eigenvalue weighted by molar-refractivity contribution is 6.36. The first-order valence-electron chi connectivity index (χ1n) is 9.69. The predicted octanol–water partition coefficient (Wildman–Crippen LogP) is 2.03.